The number of hydrogen-bond acceptors (Lipinski definition) is 7. The molecule has 3 aromatic carbocycles. The monoisotopic (exact) mass is 752 g/mol. The first-order valence-electron chi connectivity index (χ1n) is 15.6. The Kier molecular flexibility index (Phi) is 16.7. The molecule has 0 bridgehead atoms. The Morgan fingerprint density at radius 1 is 0.922 bits per heavy atom. The van der Waals surface area contributed by atoms with Gasteiger partial charge >= 0.3 is 88.7 Å². The van der Waals surface area contributed by atoms with Crippen LogP contribution in [0.4, 0.5) is 11.4 Å². The molecule has 3 aromatic rings. The van der Waals surface area contributed by atoms with Crippen molar-refractivity contribution >= 4 is 37.3 Å². The summed E-state index contributed by atoms with van der Waals surface area (Å²) >= 11 is 0. The molecule has 8 nitrogen and oxygen atoms in total. The Balaban J connectivity index is 0.00000300. The molecular formula is C38H39N2Na3O6S2. The summed E-state index contributed by atoms with van der Waals surface area (Å²) in [6.07, 6.45) is 12.6. The normalized spacial score (nSPS) is 17.3. The number of anilines is 1. The van der Waals surface area contributed by atoms with Crippen molar-refractivity contribution in [3.63, 3.8) is 0 Å². The Morgan fingerprint density at radius 3 is 2.24 bits per heavy atom. The van der Waals surface area contributed by atoms with E-state index in [4.69, 9.17) is 0 Å². The largest absolute Gasteiger partial charge is 1.00 e. The van der Waals surface area contributed by atoms with Crippen LogP contribution in [0.15, 0.2) is 119 Å². The number of nitrogens with zero attached hydrogens (tertiary/aromatic N) is 2. The maximum Gasteiger partial charge on any atom is 1.00 e. The van der Waals surface area contributed by atoms with Gasteiger partial charge in [-0.3, -0.25) is 0 Å². The van der Waals surface area contributed by atoms with Gasteiger partial charge < -0.3 is 20.9 Å². The summed E-state index contributed by atoms with van der Waals surface area (Å²) in [4.78, 5) is 1.76. The Morgan fingerprint density at radius 2 is 1.61 bits per heavy atom. The van der Waals surface area contributed by atoms with Gasteiger partial charge in [-0.05, 0) is 47.4 Å². The van der Waals surface area contributed by atoms with Crippen LogP contribution in [-0.2, 0) is 37.5 Å². The average Bonchev–Trinajstić information content (AvgIpc) is 3.37. The van der Waals surface area contributed by atoms with Gasteiger partial charge in [0.15, 0.2) is 12.3 Å². The van der Waals surface area contributed by atoms with Gasteiger partial charge in [-0.2, -0.15) is 18.2 Å². The number of rotatable bonds is 11. The van der Waals surface area contributed by atoms with E-state index in [-0.39, 0.29) is 100 Å². The summed E-state index contributed by atoms with van der Waals surface area (Å²) in [5, 5.41) is 0. The number of benzene rings is 3. The van der Waals surface area contributed by atoms with E-state index in [1.165, 1.54) is 12.1 Å². The molecule has 5 rings (SSSR count). The molecule has 0 aromatic heterocycles. The maximum absolute atomic E-state index is 11.8. The fourth-order valence-corrected chi connectivity index (χ4v) is 7.49. The van der Waals surface area contributed by atoms with E-state index in [1.807, 2.05) is 90.1 Å². The predicted molar refractivity (Wildman–Crippen MR) is 187 cm³/mol. The van der Waals surface area contributed by atoms with Crippen molar-refractivity contribution in [2.45, 2.75) is 49.8 Å². The molecule has 0 unspecified atom stereocenters. The van der Waals surface area contributed by atoms with Crippen LogP contribution in [0.25, 0.3) is 0 Å². The van der Waals surface area contributed by atoms with Crippen molar-refractivity contribution in [2.24, 2.45) is 0 Å². The Hall–Kier alpha value is -1.09. The third-order valence-corrected chi connectivity index (χ3v) is 10.6. The molecule has 2 heterocycles. The van der Waals surface area contributed by atoms with Gasteiger partial charge in [0.1, 0.15) is 25.9 Å². The fraction of sp³-hybridized carbons (Fsp3) is 0.263. The molecule has 0 radical (unpaired) electrons. The number of hydrogen-bond donors (Lipinski definition) is 0. The summed E-state index contributed by atoms with van der Waals surface area (Å²) < 4.78 is 71.9. The molecule has 252 valence electrons. The minimum Gasteiger partial charge on any atom is -0.748 e. The van der Waals surface area contributed by atoms with Crippen LogP contribution in [0.5, 0.6) is 0 Å². The van der Waals surface area contributed by atoms with E-state index >= 15 is 0 Å². The average molecular weight is 753 g/mol. The zero-order valence-electron chi connectivity index (χ0n) is 30.5. The van der Waals surface area contributed by atoms with Crippen molar-refractivity contribution in [2.75, 3.05) is 23.7 Å². The second kappa shape index (κ2) is 18.5. The first-order chi connectivity index (χ1) is 22.5. The summed E-state index contributed by atoms with van der Waals surface area (Å²) in [6.45, 7) is 12.7. The van der Waals surface area contributed by atoms with Gasteiger partial charge in [0.2, 0.25) is 0 Å². The fourth-order valence-electron chi connectivity index (χ4n) is 6.59. The molecule has 0 saturated carbocycles. The van der Waals surface area contributed by atoms with Crippen molar-refractivity contribution in [3.8, 4) is 0 Å². The molecule has 0 aliphatic carbocycles. The molecule has 0 amide bonds. The number of allylic oxidation sites excluding steroid dienone is 8. The molecule has 2 aliphatic rings. The van der Waals surface area contributed by atoms with Crippen molar-refractivity contribution < 1.29 is 119 Å². The van der Waals surface area contributed by atoms with Crippen molar-refractivity contribution in [1.29, 1.82) is 0 Å². The molecule has 0 saturated heterocycles. The maximum atomic E-state index is 11.8. The van der Waals surface area contributed by atoms with Crippen molar-refractivity contribution in [3.05, 3.63) is 144 Å². The van der Waals surface area contributed by atoms with Gasteiger partial charge in [0.25, 0.3) is 0 Å². The minimum absolute atomic E-state index is 0. The van der Waals surface area contributed by atoms with E-state index in [1.54, 1.807) is 12.1 Å². The zero-order valence-corrected chi connectivity index (χ0v) is 38.1. The smallest absolute Gasteiger partial charge is 0.748 e. The molecule has 13 heteroatoms. The second-order valence-corrected chi connectivity index (χ2v) is 15.9. The van der Waals surface area contributed by atoms with Crippen LogP contribution in [0, 0.1) is 13.0 Å². The van der Waals surface area contributed by atoms with Crippen LogP contribution in [0.1, 0.15) is 44.4 Å². The summed E-state index contributed by atoms with van der Waals surface area (Å²) in [7, 11) is -9.02. The predicted octanol–water partition coefficient (Wildman–Crippen LogP) is -2.88. The third kappa shape index (κ3) is 10.6. The summed E-state index contributed by atoms with van der Waals surface area (Å²) in [5.74, 6) is -0.510. The van der Waals surface area contributed by atoms with Crippen LogP contribution in [-0.4, -0.2) is 55.1 Å². The number of fused-ring (bicyclic) bond motifs is 2. The van der Waals surface area contributed by atoms with Crippen LogP contribution >= 0.6 is 0 Å². The quantitative estimate of drug-likeness (QED) is 0.0680. The summed E-state index contributed by atoms with van der Waals surface area (Å²) in [5.41, 5.74) is 6.30. The van der Waals surface area contributed by atoms with Crippen LogP contribution in [0.3, 0.4) is 0 Å². The van der Waals surface area contributed by atoms with E-state index in [2.05, 4.69) is 39.0 Å². The standard InChI is InChI=1S/C38H41N2O6S2.3Na/c1-6-39-34-23-22-30(48(44,45)46)27-32(34)38(4,5)35(39)20-12-16-29(26-28-14-8-7-9-15-28)17-13-21-36-37(2,3)31-18-10-11-19-33(31)40(36)24-25-47(41,42)43;;;/h7-9,11-23,27H,1,6,24-26H2,2-5H3,(H,41,42,43)(H,44,45,46);;;/q-1;3*+1/p-2. The van der Waals surface area contributed by atoms with Crippen LogP contribution < -0.4 is 93.6 Å². The van der Waals surface area contributed by atoms with Gasteiger partial charge in [-0.25, -0.2) is 21.4 Å². The Bertz CT molecular complexity index is 2110. The van der Waals surface area contributed by atoms with Crippen molar-refractivity contribution in [1.82, 2.24) is 0 Å². The van der Waals surface area contributed by atoms with E-state index in [9.17, 15) is 25.9 Å². The van der Waals surface area contributed by atoms with E-state index in [0.717, 1.165) is 45.0 Å². The SMILES string of the molecule is [CH2-]CN1/C(=C/C=C/C(=C/C=C/C2=[N+](CCS(=O)(=O)[O-])c3cc[c-]cc3C2(C)C)Cc2ccccc2)C(C)(C)c2cc(S(=O)(=O)[O-])ccc21.[Na+].[Na+].[Na+]. The molecule has 51 heavy (non-hydrogen) atoms. The summed E-state index contributed by atoms with van der Waals surface area (Å²) in [6, 6.07) is 23.2. The van der Waals surface area contributed by atoms with Gasteiger partial charge in [0, 0.05) is 28.3 Å². The topological polar surface area (TPSA) is 121 Å². The molecule has 2 aliphatic heterocycles. The Labute approximate surface area is 369 Å². The first kappa shape index (κ1) is 46.1. The van der Waals surface area contributed by atoms with E-state index < -0.39 is 36.8 Å². The van der Waals surface area contributed by atoms with Gasteiger partial charge in [-0.1, -0.05) is 87.9 Å². The first-order valence-corrected chi connectivity index (χ1v) is 18.6. The van der Waals surface area contributed by atoms with Gasteiger partial charge in [0.05, 0.1) is 10.6 Å². The molecule has 0 fully saturated rings. The third-order valence-electron chi connectivity index (χ3n) is 9.06. The van der Waals surface area contributed by atoms with Crippen LogP contribution in [0.2, 0.25) is 0 Å². The molecule has 0 atom stereocenters. The second-order valence-electron chi connectivity index (χ2n) is 13.0. The zero-order chi connectivity index (χ0) is 34.9. The molecule has 0 N–H and O–H groups in total. The van der Waals surface area contributed by atoms with E-state index in [0.29, 0.717) is 13.0 Å². The van der Waals surface area contributed by atoms with Gasteiger partial charge in [-0.15, -0.1) is 12.6 Å². The molecular weight excluding hydrogens is 714 g/mol. The minimum atomic E-state index is -4.60. The molecule has 0 spiro atoms.